The van der Waals surface area contributed by atoms with Crippen LogP contribution in [0, 0.1) is 0 Å². The number of benzene rings is 1. The summed E-state index contributed by atoms with van der Waals surface area (Å²) in [5, 5.41) is 0.472. The van der Waals surface area contributed by atoms with E-state index in [1.54, 1.807) is 0 Å². The summed E-state index contributed by atoms with van der Waals surface area (Å²) in [7, 11) is 2.70. The van der Waals surface area contributed by atoms with Crippen molar-refractivity contribution >= 4 is 36.5 Å². The van der Waals surface area contributed by atoms with Gasteiger partial charge in [0, 0.05) is 29.1 Å². The second-order valence-electron chi connectivity index (χ2n) is 3.65. The summed E-state index contributed by atoms with van der Waals surface area (Å²) in [6.07, 6.45) is 0. The Morgan fingerprint density at radius 1 is 1.33 bits per heavy atom. The smallest absolute Gasteiger partial charge is 0.265 e. The lowest BCUT2D eigenvalue weighted by atomic mass is 10.2. The minimum Gasteiger partial charge on any atom is -0.495 e. The summed E-state index contributed by atoms with van der Waals surface area (Å²) in [5.41, 5.74) is 0.362. The maximum Gasteiger partial charge on any atom is 0.265 e. The summed E-state index contributed by atoms with van der Waals surface area (Å²) in [4.78, 5) is 11.0. The first kappa shape index (κ1) is 12.9. The van der Waals surface area contributed by atoms with E-state index in [-0.39, 0.29) is 22.2 Å². The number of ketones is 1. The molecule has 0 amide bonds. The molecule has 0 atom stereocenters. The van der Waals surface area contributed by atoms with Gasteiger partial charge in [-0.3, -0.25) is 4.79 Å². The highest BCUT2D eigenvalue weighted by Gasteiger charge is 2.20. The third-order valence-electron chi connectivity index (χ3n) is 2.41. The van der Waals surface area contributed by atoms with Gasteiger partial charge in [0.15, 0.2) is 11.5 Å². The molecule has 0 N–H and O–H groups in total. The average molecular weight is 289 g/mol. The summed E-state index contributed by atoms with van der Waals surface area (Å²) < 4.78 is 33.0. The average Bonchev–Trinajstić information content (AvgIpc) is 2.68. The van der Waals surface area contributed by atoms with Crippen LogP contribution < -0.4 is 4.74 Å². The SMILES string of the molecule is COc1cc2oc(C(C)=O)cc2cc1S(=O)(=O)Cl. The van der Waals surface area contributed by atoms with Gasteiger partial charge in [0.2, 0.25) is 0 Å². The van der Waals surface area contributed by atoms with Gasteiger partial charge < -0.3 is 9.15 Å². The van der Waals surface area contributed by atoms with E-state index in [2.05, 4.69) is 0 Å². The first-order valence-corrected chi connectivity index (χ1v) is 7.21. The van der Waals surface area contributed by atoms with Crippen molar-refractivity contribution < 1.29 is 22.4 Å². The zero-order valence-electron chi connectivity index (χ0n) is 9.56. The van der Waals surface area contributed by atoms with Gasteiger partial charge in [-0.15, -0.1) is 0 Å². The minimum atomic E-state index is -3.93. The van der Waals surface area contributed by atoms with Crippen molar-refractivity contribution in [2.24, 2.45) is 0 Å². The second kappa shape index (κ2) is 4.29. The number of hydrogen-bond donors (Lipinski definition) is 0. The lowest BCUT2D eigenvalue weighted by Crippen LogP contribution is -1.95. The largest absolute Gasteiger partial charge is 0.495 e. The Hall–Kier alpha value is -1.53. The highest BCUT2D eigenvalue weighted by molar-refractivity contribution is 8.13. The number of carbonyl (C=O) groups is 1. The van der Waals surface area contributed by atoms with Crippen molar-refractivity contribution in [1.29, 1.82) is 0 Å². The number of Topliss-reactive ketones (excluding diaryl/α,β-unsaturated/α-hetero) is 1. The van der Waals surface area contributed by atoms with E-state index in [0.717, 1.165) is 0 Å². The number of rotatable bonds is 3. The quantitative estimate of drug-likeness (QED) is 0.641. The van der Waals surface area contributed by atoms with Crippen LogP contribution in [0.25, 0.3) is 11.0 Å². The van der Waals surface area contributed by atoms with Crippen molar-refractivity contribution in [3.63, 3.8) is 0 Å². The first-order valence-electron chi connectivity index (χ1n) is 4.90. The Morgan fingerprint density at radius 3 is 2.50 bits per heavy atom. The van der Waals surface area contributed by atoms with Crippen LogP contribution in [-0.2, 0) is 9.05 Å². The Bertz CT molecular complexity index is 729. The van der Waals surface area contributed by atoms with Gasteiger partial charge in [0.1, 0.15) is 16.2 Å². The van der Waals surface area contributed by atoms with E-state index >= 15 is 0 Å². The van der Waals surface area contributed by atoms with Crippen molar-refractivity contribution in [2.45, 2.75) is 11.8 Å². The second-order valence-corrected chi connectivity index (χ2v) is 6.18. The van der Waals surface area contributed by atoms with Crippen LogP contribution in [0.15, 0.2) is 27.5 Å². The summed E-state index contributed by atoms with van der Waals surface area (Å²) >= 11 is 0. The minimum absolute atomic E-state index is 0.0713. The molecule has 0 unspecified atom stereocenters. The Balaban J connectivity index is 2.77. The predicted octanol–water partition coefficient (Wildman–Crippen LogP) is 2.57. The normalized spacial score (nSPS) is 11.7. The molecular formula is C11H9ClO5S. The maximum atomic E-state index is 11.4. The highest BCUT2D eigenvalue weighted by Crippen LogP contribution is 2.33. The number of halogens is 1. The molecule has 7 heteroatoms. The number of hydrogen-bond acceptors (Lipinski definition) is 5. The summed E-state index contributed by atoms with van der Waals surface area (Å²) in [6, 6.07) is 4.16. The van der Waals surface area contributed by atoms with Crippen LogP contribution in [0.5, 0.6) is 5.75 Å². The number of ether oxygens (including phenoxy) is 1. The molecule has 2 rings (SSSR count). The van der Waals surface area contributed by atoms with Crippen LogP contribution in [0.3, 0.4) is 0 Å². The van der Waals surface area contributed by atoms with E-state index in [1.165, 1.54) is 32.2 Å². The molecule has 0 bridgehead atoms. The van der Waals surface area contributed by atoms with Gasteiger partial charge in [-0.25, -0.2) is 8.42 Å². The number of methoxy groups -OCH3 is 1. The molecule has 1 heterocycles. The molecule has 2 aromatic rings. The van der Waals surface area contributed by atoms with Crippen LogP contribution in [-0.4, -0.2) is 21.3 Å². The predicted molar refractivity (Wildman–Crippen MR) is 65.8 cm³/mol. The molecule has 18 heavy (non-hydrogen) atoms. The molecule has 0 spiro atoms. The van der Waals surface area contributed by atoms with Gasteiger partial charge in [-0.1, -0.05) is 0 Å². The van der Waals surface area contributed by atoms with Crippen molar-refractivity contribution in [3.8, 4) is 5.75 Å². The van der Waals surface area contributed by atoms with Gasteiger partial charge in [-0.05, 0) is 12.1 Å². The molecule has 0 fully saturated rings. The van der Waals surface area contributed by atoms with Gasteiger partial charge in [0.25, 0.3) is 9.05 Å². The van der Waals surface area contributed by atoms with E-state index in [4.69, 9.17) is 19.8 Å². The molecular weight excluding hydrogens is 280 g/mol. The van der Waals surface area contributed by atoms with Crippen LogP contribution >= 0.6 is 10.7 Å². The molecule has 0 saturated carbocycles. The fourth-order valence-electron chi connectivity index (χ4n) is 1.57. The Labute approximate surface area is 108 Å². The van der Waals surface area contributed by atoms with E-state index in [0.29, 0.717) is 11.0 Å². The van der Waals surface area contributed by atoms with Crippen molar-refractivity contribution in [1.82, 2.24) is 0 Å². The molecule has 0 aliphatic heterocycles. The zero-order chi connectivity index (χ0) is 13.5. The number of carbonyl (C=O) groups excluding carboxylic acids is 1. The van der Waals surface area contributed by atoms with Gasteiger partial charge >= 0.3 is 0 Å². The molecule has 0 aliphatic carbocycles. The fraction of sp³-hybridized carbons (Fsp3) is 0.182. The van der Waals surface area contributed by atoms with Gasteiger partial charge in [0.05, 0.1) is 7.11 Å². The van der Waals surface area contributed by atoms with E-state index < -0.39 is 9.05 Å². The lowest BCUT2D eigenvalue weighted by Gasteiger charge is -2.04. The third-order valence-corrected chi connectivity index (χ3v) is 3.76. The number of fused-ring (bicyclic) bond motifs is 1. The fourth-order valence-corrected chi connectivity index (χ4v) is 2.58. The zero-order valence-corrected chi connectivity index (χ0v) is 11.1. The molecule has 96 valence electrons. The molecule has 0 aliphatic rings. The van der Waals surface area contributed by atoms with Crippen molar-refractivity contribution in [2.75, 3.05) is 7.11 Å². The van der Waals surface area contributed by atoms with E-state index in [9.17, 15) is 13.2 Å². The Kier molecular flexibility index (Phi) is 3.08. The van der Waals surface area contributed by atoms with Crippen LogP contribution in [0.1, 0.15) is 17.5 Å². The van der Waals surface area contributed by atoms with E-state index in [1.807, 2.05) is 0 Å². The van der Waals surface area contributed by atoms with Crippen molar-refractivity contribution in [3.05, 3.63) is 24.0 Å². The Morgan fingerprint density at radius 2 is 2.00 bits per heavy atom. The standard InChI is InChI=1S/C11H9ClO5S/c1-6(13)8-3-7-4-11(18(12,14)15)10(16-2)5-9(7)17-8/h3-5H,1-2H3. The molecule has 1 aromatic heterocycles. The molecule has 0 radical (unpaired) electrons. The molecule has 0 saturated heterocycles. The topological polar surface area (TPSA) is 73.6 Å². The third kappa shape index (κ3) is 2.21. The first-order chi connectivity index (χ1) is 8.32. The monoisotopic (exact) mass is 288 g/mol. The summed E-state index contributed by atoms with van der Waals surface area (Å²) in [6.45, 7) is 1.36. The van der Waals surface area contributed by atoms with Crippen LogP contribution in [0.4, 0.5) is 0 Å². The highest BCUT2D eigenvalue weighted by atomic mass is 35.7. The molecule has 5 nitrogen and oxygen atoms in total. The number of furan rings is 1. The maximum absolute atomic E-state index is 11.4. The molecule has 1 aromatic carbocycles. The summed E-state index contributed by atoms with van der Waals surface area (Å²) in [5.74, 6) is -0.0291. The lowest BCUT2D eigenvalue weighted by molar-refractivity contribution is 0.0989. The van der Waals surface area contributed by atoms with Gasteiger partial charge in [-0.2, -0.15) is 0 Å². The van der Waals surface area contributed by atoms with Crippen LogP contribution in [0.2, 0.25) is 0 Å².